The van der Waals surface area contributed by atoms with Gasteiger partial charge in [-0.25, -0.2) is 0 Å². The lowest BCUT2D eigenvalue weighted by molar-refractivity contribution is 0.368. The van der Waals surface area contributed by atoms with E-state index in [0.717, 1.165) is 19.8 Å². The molecule has 2 rings (SSSR count). The van der Waals surface area contributed by atoms with Crippen LogP contribution < -0.4 is 10.2 Å². The van der Waals surface area contributed by atoms with Crippen LogP contribution in [0.5, 0.6) is 0 Å². The fraction of sp³-hybridized carbons (Fsp3) is 0.600. The molecular weight excluding hydrogens is 295 g/mol. The van der Waals surface area contributed by atoms with Gasteiger partial charge in [-0.1, -0.05) is 45.9 Å². The molecule has 1 saturated heterocycles. The van der Waals surface area contributed by atoms with E-state index >= 15 is 0 Å². The minimum atomic E-state index is -6.00. The van der Waals surface area contributed by atoms with Crippen molar-refractivity contribution in [2.24, 2.45) is 0 Å². The van der Waals surface area contributed by atoms with E-state index in [1.54, 1.807) is 0 Å². The number of anilines is 1. The summed E-state index contributed by atoms with van der Waals surface area (Å²) in [6.45, 7) is 12.4. The zero-order chi connectivity index (χ0) is 16.9. The Kier molecular flexibility index (Phi) is 6.72. The van der Waals surface area contributed by atoms with E-state index in [4.69, 9.17) is 0 Å². The molecule has 7 heteroatoms. The number of rotatable bonds is 3. The van der Waals surface area contributed by atoms with E-state index in [2.05, 4.69) is 56.1 Å². The molecule has 0 amide bonds. The van der Waals surface area contributed by atoms with Crippen LogP contribution in [-0.2, 0) is 0 Å². The lowest BCUT2D eigenvalue weighted by atomic mass is 9.92. The molecule has 1 aliphatic rings. The van der Waals surface area contributed by atoms with E-state index < -0.39 is 7.25 Å². The number of halogens is 4. The molecule has 0 aliphatic carbocycles. The van der Waals surface area contributed by atoms with Gasteiger partial charge in [-0.15, -0.1) is 0 Å². The van der Waals surface area contributed by atoms with Gasteiger partial charge in [-0.05, 0) is 23.0 Å². The molecule has 1 aromatic carbocycles. The molecular formula is C15H24BF4N2-. The second kappa shape index (κ2) is 7.86. The zero-order valence-corrected chi connectivity index (χ0v) is 13.5. The van der Waals surface area contributed by atoms with Gasteiger partial charge in [-0.2, -0.15) is 0 Å². The van der Waals surface area contributed by atoms with Gasteiger partial charge in [0.1, 0.15) is 0 Å². The van der Waals surface area contributed by atoms with Crippen LogP contribution in [0.3, 0.4) is 0 Å². The van der Waals surface area contributed by atoms with E-state index in [1.165, 1.54) is 16.8 Å². The summed E-state index contributed by atoms with van der Waals surface area (Å²) in [4.78, 5) is 2.49. The second-order valence-electron chi connectivity index (χ2n) is 6.01. The van der Waals surface area contributed by atoms with Crippen molar-refractivity contribution in [2.75, 3.05) is 24.7 Å². The van der Waals surface area contributed by atoms with Gasteiger partial charge in [0, 0.05) is 18.8 Å². The van der Waals surface area contributed by atoms with Crippen molar-refractivity contribution in [3.63, 3.8) is 0 Å². The Balaban J connectivity index is 0.000000422. The Morgan fingerprint density at radius 1 is 1.00 bits per heavy atom. The van der Waals surface area contributed by atoms with E-state index in [1.807, 2.05) is 0 Å². The molecule has 1 heterocycles. The number of hydrogen-bond donors (Lipinski definition) is 1. The van der Waals surface area contributed by atoms with Crippen molar-refractivity contribution in [1.29, 1.82) is 0 Å². The van der Waals surface area contributed by atoms with Gasteiger partial charge in [0.25, 0.3) is 0 Å². The van der Waals surface area contributed by atoms with Gasteiger partial charge in [0.15, 0.2) is 0 Å². The molecule has 0 radical (unpaired) electrons. The minimum absolute atomic E-state index is 0.587. The Hall–Kier alpha value is -1.24. The summed E-state index contributed by atoms with van der Waals surface area (Å²) in [5.41, 5.74) is 4.45. The van der Waals surface area contributed by atoms with Crippen molar-refractivity contribution in [3.05, 3.63) is 29.3 Å². The fourth-order valence-electron chi connectivity index (χ4n) is 2.57. The Morgan fingerprint density at radius 2 is 1.45 bits per heavy atom. The summed E-state index contributed by atoms with van der Waals surface area (Å²) in [6, 6.07) is 6.77. The van der Waals surface area contributed by atoms with Crippen LogP contribution in [-0.4, -0.2) is 27.0 Å². The molecule has 0 aromatic heterocycles. The van der Waals surface area contributed by atoms with Crippen LogP contribution in [0.4, 0.5) is 23.0 Å². The van der Waals surface area contributed by atoms with Gasteiger partial charge in [0.2, 0.25) is 0 Å². The second-order valence-corrected chi connectivity index (χ2v) is 6.01. The van der Waals surface area contributed by atoms with E-state index in [-0.39, 0.29) is 0 Å². The smallest absolute Gasteiger partial charge is 0.418 e. The highest BCUT2D eigenvalue weighted by atomic mass is 19.5. The molecule has 22 heavy (non-hydrogen) atoms. The third-order valence-corrected chi connectivity index (χ3v) is 3.52. The third kappa shape index (κ3) is 5.87. The van der Waals surface area contributed by atoms with Crippen LogP contribution in [0, 0.1) is 0 Å². The summed E-state index contributed by atoms with van der Waals surface area (Å²) in [5.74, 6) is 1.17. The monoisotopic (exact) mass is 319 g/mol. The summed E-state index contributed by atoms with van der Waals surface area (Å²) in [6.07, 6.45) is 0. The first-order valence-electron chi connectivity index (χ1n) is 7.57. The SMILES string of the molecule is CC(C)c1cccc(C(C)C)c1N1CCNC1.F[B-](F)(F)F. The molecule has 2 nitrogen and oxygen atoms in total. The van der Waals surface area contributed by atoms with Crippen LogP contribution in [0.1, 0.15) is 50.7 Å². The van der Waals surface area contributed by atoms with Gasteiger partial charge in [-0.3, -0.25) is 5.32 Å². The van der Waals surface area contributed by atoms with Gasteiger partial charge >= 0.3 is 7.25 Å². The highest BCUT2D eigenvalue weighted by Crippen LogP contribution is 2.35. The Bertz CT molecular complexity index is 437. The van der Waals surface area contributed by atoms with E-state index in [9.17, 15) is 17.3 Å². The topological polar surface area (TPSA) is 15.3 Å². The quantitative estimate of drug-likeness (QED) is 0.647. The molecule has 0 spiro atoms. The standard InChI is InChI=1S/C15H24N2.BF4/c1-11(2)13-6-5-7-14(12(3)4)15(13)17-9-8-16-10-17;2-1(3,4)5/h5-7,11-12,16H,8-10H2,1-4H3;/q;-1. The normalized spacial score (nSPS) is 15.3. The predicted octanol–water partition coefficient (Wildman–Crippen LogP) is 4.60. The molecule has 0 bridgehead atoms. The lowest BCUT2D eigenvalue weighted by Gasteiger charge is -2.27. The molecule has 1 fully saturated rings. The van der Waals surface area contributed by atoms with Crippen molar-refractivity contribution in [2.45, 2.75) is 39.5 Å². The molecule has 1 aromatic rings. The number of benzene rings is 1. The van der Waals surface area contributed by atoms with Crippen LogP contribution in [0.2, 0.25) is 0 Å². The molecule has 126 valence electrons. The fourth-order valence-corrected chi connectivity index (χ4v) is 2.57. The Morgan fingerprint density at radius 3 is 1.77 bits per heavy atom. The van der Waals surface area contributed by atoms with Crippen molar-refractivity contribution in [3.8, 4) is 0 Å². The maximum atomic E-state index is 9.75. The summed E-state index contributed by atoms with van der Waals surface area (Å²) in [5, 5.41) is 3.43. The highest BCUT2D eigenvalue weighted by molar-refractivity contribution is 6.50. The minimum Gasteiger partial charge on any atom is -0.418 e. The van der Waals surface area contributed by atoms with Gasteiger partial charge in [0.05, 0.1) is 6.67 Å². The maximum absolute atomic E-state index is 9.75. The molecule has 1 aliphatic heterocycles. The number of hydrogen-bond acceptors (Lipinski definition) is 2. The number of para-hydroxylation sites is 1. The van der Waals surface area contributed by atoms with Crippen LogP contribution >= 0.6 is 0 Å². The largest absolute Gasteiger partial charge is 0.673 e. The first-order valence-corrected chi connectivity index (χ1v) is 7.57. The Labute approximate surface area is 130 Å². The number of nitrogens with one attached hydrogen (secondary N) is 1. The maximum Gasteiger partial charge on any atom is 0.673 e. The predicted molar refractivity (Wildman–Crippen MR) is 85.0 cm³/mol. The lowest BCUT2D eigenvalue weighted by Crippen LogP contribution is -2.24. The van der Waals surface area contributed by atoms with Crippen molar-refractivity contribution >= 4 is 12.9 Å². The van der Waals surface area contributed by atoms with Crippen molar-refractivity contribution in [1.82, 2.24) is 5.32 Å². The molecule has 0 saturated carbocycles. The average molecular weight is 319 g/mol. The number of nitrogens with zero attached hydrogens (tertiary/aromatic N) is 1. The molecule has 0 unspecified atom stereocenters. The third-order valence-electron chi connectivity index (χ3n) is 3.52. The van der Waals surface area contributed by atoms with Crippen LogP contribution in [0.15, 0.2) is 18.2 Å². The summed E-state index contributed by atoms with van der Waals surface area (Å²) >= 11 is 0. The van der Waals surface area contributed by atoms with Gasteiger partial charge < -0.3 is 22.2 Å². The van der Waals surface area contributed by atoms with E-state index in [0.29, 0.717) is 11.8 Å². The average Bonchev–Trinajstić information content (AvgIpc) is 2.89. The molecule has 0 atom stereocenters. The highest BCUT2D eigenvalue weighted by Gasteiger charge is 2.21. The first-order chi connectivity index (χ1) is 10.1. The summed E-state index contributed by atoms with van der Waals surface area (Å²) in [7, 11) is -6.00. The first kappa shape index (κ1) is 18.8. The summed E-state index contributed by atoms with van der Waals surface area (Å²) < 4.78 is 39.0. The van der Waals surface area contributed by atoms with Crippen molar-refractivity contribution < 1.29 is 17.3 Å². The zero-order valence-electron chi connectivity index (χ0n) is 13.5. The molecule has 1 N–H and O–H groups in total. The van der Waals surface area contributed by atoms with Crippen LogP contribution in [0.25, 0.3) is 0 Å².